The molecule has 1 aromatic carbocycles. The molecule has 2 aromatic rings. The van der Waals surface area contributed by atoms with E-state index < -0.39 is 0 Å². The van der Waals surface area contributed by atoms with Gasteiger partial charge in [-0.3, -0.25) is 4.79 Å². The zero-order valence-corrected chi connectivity index (χ0v) is 21.2. The second-order valence-corrected chi connectivity index (χ2v) is 7.98. The van der Waals surface area contributed by atoms with Crippen LogP contribution in [0.1, 0.15) is 92.0 Å². The number of nitrogens with zero attached hydrogens (tertiary/aromatic N) is 1. The molecule has 0 unspecified atom stereocenters. The number of aryl methyl sites for hydroxylation is 2. The zero-order valence-electron chi connectivity index (χ0n) is 18.4. The third-order valence-corrected chi connectivity index (χ3v) is 4.70. The average Bonchev–Trinajstić information content (AvgIpc) is 2.68. The first-order valence-corrected chi connectivity index (χ1v) is 10.5. The molecule has 1 radical (unpaired) electrons. The molecule has 1 aliphatic rings. The van der Waals surface area contributed by atoms with Gasteiger partial charge in [-0.05, 0) is 62.6 Å². The molecular weight excluding hydrogens is 471 g/mol. The van der Waals surface area contributed by atoms with Crippen molar-refractivity contribution < 1.29 is 37.5 Å². The van der Waals surface area contributed by atoms with Crippen molar-refractivity contribution in [3.05, 3.63) is 59.3 Å². The largest absolute Gasteiger partial charge is 0.370 e. The monoisotopic (exact) mass is 518 g/mol. The molecule has 0 bridgehead atoms. The number of carbonyl (C=O) groups excluding carboxylic acids is 1. The predicted molar refractivity (Wildman–Crippen MR) is 138 cm³/mol. The van der Waals surface area contributed by atoms with Crippen LogP contribution >= 0.6 is 0 Å². The number of amides is 1. The molecule has 2 N–H and O–H groups in total. The van der Waals surface area contributed by atoms with Gasteiger partial charge in [0.15, 0.2) is 0 Å². The first-order valence-electron chi connectivity index (χ1n) is 10.5. The van der Waals surface area contributed by atoms with Crippen LogP contribution in [0.4, 0.5) is 5.82 Å². The molecule has 0 saturated carbocycles. The molecule has 3 rings (SSSR count). The number of carbonyl (C=O) groups is 1. The number of rotatable bonds is 6. The van der Waals surface area contributed by atoms with Crippen molar-refractivity contribution in [2.75, 3.05) is 11.9 Å². The van der Waals surface area contributed by atoms with Crippen molar-refractivity contribution in [1.82, 2.24) is 10.3 Å². The van der Waals surface area contributed by atoms with Gasteiger partial charge >= 0.3 is 0 Å². The maximum Gasteiger partial charge on any atom is 0.220 e. The number of benzene rings is 1. The molecule has 0 atom stereocenters. The fourth-order valence-corrected chi connectivity index (χ4v) is 3.17. The molecule has 1 aromatic heterocycles. The van der Waals surface area contributed by atoms with Gasteiger partial charge in [0.25, 0.3) is 0 Å². The maximum atomic E-state index is 11.5. The minimum Gasteiger partial charge on any atom is -0.370 e. The fraction of sp³-hybridized carbons (Fsp3) is 0.556. The van der Waals surface area contributed by atoms with Crippen LogP contribution in [0.2, 0.25) is 0 Å². The van der Waals surface area contributed by atoms with Crippen LogP contribution in [0, 0.1) is 0 Å². The summed E-state index contributed by atoms with van der Waals surface area (Å²) in [6, 6.07) is 15.0. The van der Waals surface area contributed by atoms with Crippen LogP contribution in [0.25, 0.3) is 0 Å². The van der Waals surface area contributed by atoms with E-state index in [9.17, 15) is 4.79 Å². The molecule has 1 amide bonds. The number of anilines is 1. The van der Waals surface area contributed by atoms with Crippen molar-refractivity contribution >= 4 is 11.7 Å². The zero-order chi connectivity index (χ0) is 20.4. The summed E-state index contributed by atoms with van der Waals surface area (Å²) in [5.74, 6) is 1.83. The summed E-state index contributed by atoms with van der Waals surface area (Å²) in [5, 5.41) is 6.25. The predicted octanol–water partition coefficient (Wildman–Crippen LogP) is 7.00. The van der Waals surface area contributed by atoms with Crippen LogP contribution in [0.5, 0.6) is 0 Å². The normalized spacial score (nSPS) is 11.1. The molecular formula is C27H47N3OY. The molecule has 179 valence electrons. The number of hydrogen-bond donors (Lipinski definition) is 2. The number of fused-ring (bicyclic) bond motifs is 1. The molecule has 0 fully saturated rings. The molecule has 0 spiro atoms. The van der Waals surface area contributed by atoms with Crippen molar-refractivity contribution in [3.8, 4) is 0 Å². The summed E-state index contributed by atoms with van der Waals surface area (Å²) in [7, 11) is 0. The summed E-state index contributed by atoms with van der Waals surface area (Å²) < 4.78 is 0. The van der Waals surface area contributed by atoms with Gasteiger partial charge < -0.3 is 10.6 Å². The molecule has 5 heteroatoms. The van der Waals surface area contributed by atoms with Gasteiger partial charge in [-0.15, -0.1) is 0 Å². The molecule has 2 heterocycles. The Kier molecular flexibility index (Phi) is 21.2. The van der Waals surface area contributed by atoms with E-state index in [0.717, 1.165) is 37.3 Å². The summed E-state index contributed by atoms with van der Waals surface area (Å²) in [5.41, 5.74) is 3.80. The van der Waals surface area contributed by atoms with Crippen LogP contribution in [0.3, 0.4) is 0 Å². The first kappa shape index (κ1) is 35.3. The van der Waals surface area contributed by atoms with Crippen LogP contribution in [0.15, 0.2) is 42.5 Å². The van der Waals surface area contributed by atoms with E-state index in [0.29, 0.717) is 12.3 Å². The molecule has 0 aliphatic carbocycles. The van der Waals surface area contributed by atoms with Gasteiger partial charge in [0.1, 0.15) is 5.82 Å². The second-order valence-electron chi connectivity index (χ2n) is 7.98. The van der Waals surface area contributed by atoms with Crippen molar-refractivity contribution in [3.63, 3.8) is 0 Å². The van der Waals surface area contributed by atoms with Gasteiger partial charge in [0, 0.05) is 57.4 Å². The Bertz CT molecular complexity index is 733. The Balaban J connectivity index is -0.000000560. The Morgan fingerprint density at radius 2 is 1.69 bits per heavy atom. The van der Waals surface area contributed by atoms with Gasteiger partial charge in [-0.1, -0.05) is 72.5 Å². The fourth-order valence-electron chi connectivity index (χ4n) is 3.17. The van der Waals surface area contributed by atoms with E-state index in [2.05, 4.69) is 65.9 Å². The van der Waals surface area contributed by atoms with Gasteiger partial charge in [-0.25, -0.2) is 4.98 Å². The Morgan fingerprint density at radius 3 is 2.25 bits per heavy atom. The number of pyridine rings is 1. The topological polar surface area (TPSA) is 54.0 Å². The number of hydrogen-bond acceptors (Lipinski definition) is 3. The first-order chi connectivity index (χ1) is 13.5. The Labute approximate surface area is 223 Å². The van der Waals surface area contributed by atoms with Crippen LogP contribution < -0.4 is 10.6 Å². The minimum absolute atomic E-state index is 0. The summed E-state index contributed by atoms with van der Waals surface area (Å²) in [4.78, 5) is 16.2. The third kappa shape index (κ3) is 13.3. The van der Waals surface area contributed by atoms with E-state index in [4.69, 9.17) is 0 Å². The molecule has 1 aliphatic heterocycles. The van der Waals surface area contributed by atoms with E-state index in [-0.39, 0.29) is 66.9 Å². The quantitative estimate of drug-likeness (QED) is 0.433. The average molecular weight is 519 g/mol. The smallest absolute Gasteiger partial charge is 0.220 e. The Hall–Kier alpha value is -1.26. The molecule has 0 saturated heterocycles. The minimum atomic E-state index is 0. The number of aromatic nitrogens is 1. The molecule has 32 heavy (non-hydrogen) atoms. The van der Waals surface area contributed by atoms with Crippen molar-refractivity contribution in [2.24, 2.45) is 0 Å². The second kappa shape index (κ2) is 19.2. The third-order valence-electron chi connectivity index (χ3n) is 4.70. The van der Waals surface area contributed by atoms with Gasteiger partial charge in [-0.2, -0.15) is 0 Å². The van der Waals surface area contributed by atoms with Crippen molar-refractivity contribution in [2.45, 2.75) is 94.0 Å². The summed E-state index contributed by atoms with van der Waals surface area (Å²) in [6.45, 7) is 9.38. The summed E-state index contributed by atoms with van der Waals surface area (Å²) >= 11 is 0. The van der Waals surface area contributed by atoms with Gasteiger partial charge in [0.2, 0.25) is 5.91 Å². The van der Waals surface area contributed by atoms with E-state index >= 15 is 0 Å². The van der Waals surface area contributed by atoms with Crippen LogP contribution in [-0.2, 0) is 50.3 Å². The maximum absolute atomic E-state index is 11.5. The van der Waals surface area contributed by atoms with E-state index in [1.807, 2.05) is 19.9 Å². The molecule has 4 nitrogen and oxygen atoms in total. The van der Waals surface area contributed by atoms with Crippen LogP contribution in [-0.4, -0.2) is 23.5 Å². The standard InChI is InChI=1S/C15H23N3O.C9H12.3CH4.Y/c1-11(2)17-14(19)7-3-6-13-9-8-12-5-4-10-16-15(12)18-13;1-8(2)9-6-4-3-5-7-9;;;;/h8-9,11H,3-7,10H2,1-2H3,(H,16,18)(H,17,19);3-8H,1-2H3;3*1H4;. The SMILES string of the molecule is C.C.C.CC(C)NC(=O)CCCc1ccc2c(n1)NCCC2.CC(C)c1ccccc1.[Y]. The Morgan fingerprint density at radius 1 is 1.03 bits per heavy atom. The summed E-state index contributed by atoms with van der Waals surface area (Å²) in [6.07, 6.45) is 4.59. The van der Waals surface area contributed by atoms with E-state index in [1.54, 1.807) is 0 Å². The van der Waals surface area contributed by atoms with Gasteiger partial charge in [0.05, 0.1) is 0 Å². The number of nitrogens with one attached hydrogen (secondary N) is 2. The van der Waals surface area contributed by atoms with Crippen molar-refractivity contribution in [1.29, 1.82) is 0 Å². The van der Waals surface area contributed by atoms with E-state index in [1.165, 1.54) is 17.5 Å².